The fraction of sp³-hybridized carbons (Fsp3) is 0.429. The fourth-order valence-corrected chi connectivity index (χ4v) is 2.92. The van der Waals surface area contributed by atoms with Crippen LogP contribution >= 0.6 is 0 Å². The summed E-state index contributed by atoms with van der Waals surface area (Å²) in [6.07, 6.45) is 1.90. The molecule has 0 bridgehead atoms. The molecule has 3 heterocycles. The Morgan fingerprint density at radius 3 is 2.75 bits per heavy atom. The average molecular weight is 272 g/mol. The third-order valence-electron chi connectivity index (χ3n) is 3.99. The minimum atomic E-state index is -0.0397. The molecule has 104 valence electrons. The van der Waals surface area contributed by atoms with E-state index in [1.165, 1.54) is 0 Å². The zero-order valence-electron chi connectivity index (χ0n) is 10.9. The van der Waals surface area contributed by atoms with Gasteiger partial charge in [-0.1, -0.05) is 35.5 Å². The quantitative estimate of drug-likeness (QED) is 0.867. The summed E-state index contributed by atoms with van der Waals surface area (Å²) >= 11 is 0. The second-order valence-electron chi connectivity index (χ2n) is 5.28. The molecule has 1 aromatic carbocycles. The number of hydrogen-bond donors (Lipinski definition) is 1. The average Bonchev–Trinajstić information content (AvgIpc) is 3.18. The molecule has 0 radical (unpaired) electrons. The van der Waals surface area contributed by atoms with Crippen LogP contribution in [0.3, 0.4) is 0 Å². The summed E-state index contributed by atoms with van der Waals surface area (Å²) in [5.41, 5.74) is 7.87. The molecule has 0 spiro atoms. The summed E-state index contributed by atoms with van der Waals surface area (Å²) in [6.45, 7) is 1.12. The van der Waals surface area contributed by atoms with E-state index < -0.39 is 0 Å². The highest BCUT2D eigenvalue weighted by Crippen LogP contribution is 2.33. The van der Waals surface area contributed by atoms with E-state index in [9.17, 15) is 0 Å². The molecule has 6 nitrogen and oxygen atoms in total. The summed E-state index contributed by atoms with van der Waals surface area (Å²) in [5, 5.41) is 8.46. The van der Waals surface area contributed by atoms with Gasteiger partial charge in [0.2, 0.25) is 0 Å². The van der Waals surface area contributed by atoms with E-state index in [1.54, 1.807) is 0 Å². The standard InChI is InChI=1S/C14H16N4O2/c15-10-7-19-14-12(8-20-13(10)14)18-6-11(16-17-18)9-4-2-1-3-5-9/h1-6,10,12-14H,7-8,15H2. The van der Waals surface area contributed by atoms with Crippen LogP contribution in [0, 0.1) is 0 Å². The van der Waals surface area contributed by atoms with Gasteiger partial charge in [-0.15, -0.1) is 5.10 Å². The van der Waals surface area contributed by atoms with Crippen molar-refractivity contribution in [3.8, 4) is 11.3 Å². The van der Waals surface area contributed by atoms with E-state index in [4.69, 9.17) is 15.2 Å². The van der Waals surface area contributed by atoms with Crippen molar-refractivity contribution < 1.29 is 9.47 Å². The van der Waals surface area contributed by atoms with Gasteiger partial charge < -0.3 is 15.2 Å². The molecular weight excluding hydrogens is 256 g/mol. The van der Waals surface area contributed by atoms with Gasteiger partial charge in [-0.25, -0.2) is 4.68 Å². The first-order valence-corrected chi connectivity index (χ1v) is 6.79. The lowest BCUT2D eigenvalue weighted by molar-refractivity contribution is 0.0627. The number of rotatable bonds is 2. The van der Waals surface area contributed by atoms with E-state index >= 15 is 0 Å². The predicted molar refractivity (Wildman–Crippen MR) is 72.0 cm³/mol. The Morgan fingerprint density at radius 2 is 1.90 bits per heavy atom. The molecule has 2 N–H and O–H groups in total. The summed E-state index contributed by atoms with van der Waals surface area (Å²) in [7, 11) is 0. The second-order valence-corrected chi connectivity index (χ2v) is 5.28. The predicted octanol–water partition coefficient (Wildman–Crippen LogP) is 0.611. The van der Waals surface area contributed by atoms with E-state index in [-0.39, 0.29) is 24.3 Å². The minimum Gasteiger partial charge on any atom is -0.371 e. The van der Waals surface area contributed by atoms with Gasteiger partial charge >= 0.3 is 0 Å². The fourth-order valence-electron chi connectivity index (χ4n) is 2.92. The van der Waals surface area contributed by atoms with Gasteiger partial charge in [0.05, 0.1) is 25.5 Å². The summed E-state index contributed by atoms with van der Waals surface area (Å²) < 4.78 is 13.3. The van der Waals surface area contributed by atoms with Crippen LogP contribution in [0.25, 0.3) is 11.3 Å². The Labute approximate surface area is 116 Å². The lowest BCUT2D eigenvalue weighted by Gasteiger charge is -2.15. The monoisotopic (exact) mass is 272 g/mol. The molecule has 2 aliphatic rings. The maximum atomic E-state index is 5.96. The van der Waals surface area contributed by atoms with Crippen molar-refractivity contribution in [1.82, 2.24) is 15.0 Å². The topological polar surface area (TPSA) is 75.2 Å². The molecule has 6 heteroatoms. The normalized spacial score (nSPS) is 32.5. The summed E-state index contributed by atoms with van der Waals surface area (Å²) in [4.78, 5) is 0. The largest absolute Gasteiger partial charge is 0.371 e. The lowest BCUT2D eigenvalue weighted by Crippen LogP contribution is -2.36. The molecule has 20 heavy (non-hydrogen) atoms. The Morgan fingerprint density at radius 1 is 1.10 bits per heavy atom. The van der Waals surface area contributed by atoms with Crippen molar-refractivity contribution in [2.24, 2.45) is 5.73 Å². The van der Waals surface area contributed by atoms with Crippen molar-refractivity contribution in [2.75, 3.05) is 13.2 Å². The smallest absolute Gasteiger partial charge is 0.113 e. The van der Waals surface area contributed by atoms with Crippen LogP contribution < -0.4 is 5.73 Å². The Balaban J connectivity index is 1.60. The number of benzene rings is 1. The number of ether oxygens (including phenoxy) is 2. The molecule has 0 aliphatic carbocycles. The highest BCUT2D eigenvalue weighted by atomic mass is 16.6. The molecule has 2 fully saturated rings. The lowest BCUT2D eigenvalue weighted by atomic mass is 10.1. The number of hydrogen-bond acceptors (Lipinski definition) is 5. The van der Waals surface area contributed by atoms with Gasteiger partial charge in [-0.3, -0.25) is 0 Å². The maximum absolute atomic E-state index is 5.96. The Kier molecular flexibility index (Phi) is 2.80. The van der Waals surface area contributed by atoms with Crippen LogP contribution in [-0.2, 0) is 9.47 Å². The number of aromatic nitrogens is 3. The third kappa shape index (κ3) is 1.84. The van der Waals surface area contributed by atoms with Gasteiger partial charge in [0.15, 0.2) is 0 Å². The van der Waals surface area contributed by atoms with Crippen LogP contribution in [0.4, 0.5) is 0 Å². The van der Waals surface area contributed by atoms with Gasteiger partial charge in [-0.05, 0) is 0 Å². The first-order valence-electron chi connectivity index (χ1n) is 6.79. The number of fused-ring (bicyclic) bond motifs is 1. The van der Waals surface area contributed by atoms with E-state index in [1.807, 2.05) is 41.2 Å². The van der Waals surface area contributed by atoms with Crippen molar-refractivity contribution >= 4 is 0 Å². The zero-order valence-corrected chi connectivity index (χ0v) is 10.9. The Hall–Kier alpha value is -1.76. The van der Waals surface area contributed by atoms with E-state index in [0.29, 0.717) is 13.2 Å². The van der Waals surface area contributed by atoms with Crippen molar-refractivity contribution in [3.63, 3.8) is 0 Å². The van der Waals surface area contributed by atoms with Crippen LogP contribution in [0.2, 0.25) is 0 Å². The van der Waals surface area contributed by atoms with Gasteiger partial charge in [0, 0.05) is 5.56 Å². The second kappa shape index (κ2) is 4.66. The van der Waals surface area contributed by atoms with Gasteiger partial charge in [0.25, 0.3) is 0 Å². The van der Waals surface area contributed by atoms with Crippen LogP contribution in [0.15, 0.2) is 36.5 Å². The number of nitrogens with zero attached hydrogens (tertiary/aromatic N) is 3. The van der Waals surface area contributed by atoms with Gasteiger partial charge in [0.1, 0.15) is 23.9 Å². The van der Waals surface area contributed by atoms with Gasteiger partial charge in [-0.2, -0.15) is 0 Å². The highest BCUT2D eigenvalue weighted by Gasteiger charge is 2.47. The molecule has 0 amide bonds. The molecule has 0 saturated carbocycles. The van der Waals surface area contributed by atoms with Crippen molar-refractivity contribution in [3.05, 3.63) is 36.5 Å². The van der Waals surface area contributed by atoms with Crippen molar-refractivity contribution in [2.45, 2.75) is 24.3 Å². The van der Waals surface area contributed by atoms with E-state index in [2.05, 4.69) is 10.3 Å². The first-order chi connectivity index (χ1) is 9.83. The molecule has 4 unspecified atom stereocenters. The summed E-state index contributed by atoms with van der Waals surface area (Å²) in [5.74, 6) is 0. The minimum absolute atomic E-state index is 0.0182. The van der Waals surface area contributed by atoms with Crippen molar-refractivity contribution in [1.29, 1.82) is 0 Å². The van der Waals surface area contributed by atoms with Crippen LogP contribution in [0.1, 0.15) is 6.04 Å². The molecule has 2 saturated heterocycles. The molecule has 4 atom stereocenters. The number of nitrogens with two attached hydrogens (primary N) is 1. The van der Waals surface area contributed by atoms with E-state index in [0.717, 1.165) is 11.3 Å². The molecule has 2 aliphatic heterocycles. The zero-order chi connectivity index (χ0) is 13.5. The highest BCUT2D eigenvalue weighted by molar-refractivity contribution is 5.57. The SMILES string of the molecule is NC1COC2C1OCC2n1cc(-c2ccccc2)nn1. The molecule has 1 aromatic heterocycles. The maximum Gasteiger partial charge on any atom is 0.113 e. The molecular formula is C14H16N4O2. The molecule has 2 aromatic rings. The summed E-state index contributed by atoms with van der Waals surface area (Å²) in [6, 6.07) is 10.0. The molecule has 4 rings (SSSR count). The Bertz CT molecular complexity index is 600. The first kappa shape index (κ1) is 12.0. The van der Waals surface area contributed by atoms with Crippen LogP contribution in [-0.4, -0.2) is 46.5 Å². The third-order valence-corrected chi connectivity index (χ3v) is 3.99. The van der Waals surface area contributed by atoms with Crippen LogP contribution in [0.5, 0.6) is 0 Å².